The number of aromatic nitrogens is 2. The molecular formula is C30H26ClF2N7S. The second-order valence-electron chi connectivity index (χ2n) is 10.2. The zero-order valence-electron chi connectivity index (χ0n) is 22.4. The van der Waals surface area contributed by atoms with Crippen molar-refractivity contribution in [1.82, 2.24) is 20.2 Å². The molecule has 0 radical (unpaired) electrons. The molecular weight excluding hydrogens is 564 g/mol. The van der Waals surface area contributed by atoms with Crippen LogP contribution in [-0.2, 0) is 6.54 Å². The van der Waals surface area contributed by atoms with Crippen LogP contribution >= 0.6 is 22.9 Å². The van der Waals surface area contributed by atoms with E-state index >= 15 is 4.39 Å². The van der Waals surface area contributed by atoms with Crippen molar-refractivity contribution in [3.05, 3.63) is 70.2 Å². The highest BCUT2D eigenvalue weighted by atomic mass is 35.5. The number of nitrogens with two attached hydrogens (primary N) is 1. The summed E-state index contributed by atoms with van der Waals surface area (Å²) in [6.07, 6.45) is 0. The van der Waals surface area contributed by atoms with Crippen LogP contribution in [-0.4, -0.2) is 55.1 Å². The monoisotopic (exact) mass is 589 g/mol. The second-order valence-corrected chi connectivity index (χ2v) is 11.7. The first-order valence-electron chi connectivity index (χ1n) is 13.1. The minimum absolute atomic E-state index is 0.0604. The number of anilines is 2. The van der Waals surface area contributed by atoms with Gasteiger partial charge in [-0.3, -0.25) is 0 Å². The molecule has 7 nitrogen and oxygen atoms in total. The molecule has 0 unspecified atom stereocenters. The first kappa shape index (κ1) is 27.3. The van der Waals surface area contributed by atoms with Crippen LogP contribution in [0.15, 0.2) is 42.5 Å². The molecule has 0 spiro atoms. The Morgan fingerprint density at radius 3 is 2.63 bits per heavy atom. The van der Waals surface area contributed by atoms with Crippen LogP contribution in [0.5, 0.6) is 0 Å². The summed E-state index contributed by atoms with van der Waals surface area (Å²) in [7, 11) is 3.96. The number of nitriles is 1. The standard InChI is InChI=1S/C30H26ClF2N7S/c1-39(2)15-16-4-3-5-17(12-16)25-20(14-34)28(40-10-8-36-9-11-40)19-13-21(31)23(24(33)26(19)37-25)18-6-7-22(32)29-27(18)38-30(35)41-29/h3-7,12-13,36H,8-11,15H2,1-2H3,(H2,35,38). The van der Waals surface area contributed by atoms with Gasteiger partial charge < -0.3 is 20.9 Å². The molecule has 1 aliphatic heterocycles. The van der Waals surface area contributed by atoms with Gasteiger partial charge in [-0.1, -0.05) is 41.1 Å². The summed E-state index contributed by atoms with van der Waals surface area (Å²) < 4.78 is 31.6. The molecule has 0 bridgehead atoms. The lowest BCUT2D eigenvalue weighted by Crippen LogP contribution is -2.44. The zero-order valence-corrected chi connectivity index (χ0v) is 24.0. The first-order chi connectivity index (χ1) is 19.8. The topological polar surface area (TPSA) is 94.1 Å². The van der Waals surface area contributed by atoms with E-state index in [2.05, 4.69) is 21.3 Å². The number of nitrogen functional groups attached to an aromatic ring is 1. The molecule has 1 saturated heterocycles. The van der Waals surface area contributed by atoms with Crippen LogP contribution < -0.4 is 16.0 Å². The van der Waals surface area contributed by atoms with Crippen LogP contribution in [0.25, 0.3) is 43.5 Å². The minimum atomic E-state index is -0.668. The molecule has 0 amide bonds. The molecule has 1 fully saturated rings. The number of hydrogen-bond donors (Lipinski definition) is 2. The molecule has 5 aromatic rings. The number of nitrogens with zero attached hydrogens (tertiary/aromatic N) is 5. The van der Waals surface area contributed by atoms with Gasteiger partial charge in [-0.05, 0) is 43.9 Å². The van der Waals surface area contributed by atoms with Crippen molar-refractivity contribution in [1.29, 1.82) is 5.26 Å². The van der Waals surface area contributed by atoms with E-state index in [0.717, 1.165) is 30.0 Å². The Labute approximate surface area is 244 Å². The number of rotatable bonds is 5. The van der Waals surface area contributed by atoms with Crippen molar-refractivity contribution in [3.8, 4) is 28.5 Å². The van der Waals surface area contributed by atoms with Crippen LogP contribution in [0.4, 0.5) is 19.6 Å². The van der Waals surface area contributed by atoms with Crippen molar-refractivity contribution in [2.75, 3.05) is 50.9 Å². The van der Waals surface area contributed by atoms with Crippen molar-refractivity contribution in [2.45, 2.75) is 6.54 Å². The maximum absolute atomic E-state index is 16.8. The average Bonchev–Trinajstić information content (AvgIpc) is 3.36. The Balaban J connectivity index is 1.68. The van der Waals surface area contributed by atoms with E-state index in [1.165, 1.54) is 12.1 Å². The quantitative estimate of drug-likeness (QED) is 0.258. The molecule has 3 aromatic carbocycles. The van der Waals surface area contributed by atoms with Gasteiger partial charge in [0.05, 0.1) is 26.6 Å². The van der Waals surface area contributed by atoms with Gasteiger partial charge in [0.25, 0.3) is 0 Å². The summed E-state index contributed by atoms with van der Waals surface area (Å²) in [4.78, 5) is 13.2. The Kier molecular flexibility index (Phi) is 7.21. The Morgan fingerprint density at radius 2 is 1.90 bits per heavy atom. The normalized spacial score (nSPS) is 13.8. The molecule has 2 aromatic heterocycles. The zero-order chi connectivity index (χ0) is 28.8. The fraction of sp³-hybridized carbons (Fsp3) is 0.233. The molecule has 11 heteroatoms. The van der Waals surface area contributed by atoms with Crippen LogP contribution in [0.1, 0.15) is 11.1 Å². The van der Waals surface area contributed by atoms with Crippen LogP contribution in [0, 0.1) is 23.0 Å². The molecule has 6 rings (SSSR count). The third kappa shape index (κ3) is 4.85. The lowest BCUT2D eigenvalue weighted by molar-refractivity contribution is 0.402. The molecule has 0 saturated carbocycles. The van der Waals surface area contributed by atoms with E-state index < -0.39 is 11.6 Å². The van der Waals surface area contributed by atoms with Gasteiger partial charge in [-0.25, -0.2) is 18.7 Å². The van der Waals surface area contributed by atoms with Crippen LogP contribution in [0.3, 0.4) is 0 Å². The number of thiazole rings is 1. The predicted molar refractivity (Wildman–Crippen MR) is 162 cm³/mol. The summed E-state index contributed by atoms with van der Waals surface area (Å²) in [6.45, 7) is 3.39. The smallest absolute Gasteiger partial charge is 0.181 e. The van der Waals surface area contributed by atoms with E-state index in [1.54, 1.807) is 6.07 Å². The number of pyridine rings is 1. The third-order valence-electron chi connectivity index (χ3n) is 7.17. The summed E-state index contributed by atoms with van der Waals surface area (Å²) in [6, 6.07) is 14.5. The van der Waals surface area contributed by atoms with E-state index in [1.807, 2.05) is 43.3 Å². The summed E-state index contributed by atoms with van der Waals surface area (Å²) >= 11 is 7.78. The van der Waals surface area contributed by atoms with E-state index in [9.17, 15) is 9.65 Å². The van der Waals surface area contributed by atoms with Crippen molar-refractivity contribution in [2.24, 2.45) is 0 Å². The van der Waals surface area contributed by atoms with Gasteiger partial charge in [0.15, 0.2) is 10.9 Å². The van der Waals surface area contributed by atoms with Crippen molar-refractivity contribution >= 4 is 54.9 Å². The van der Waals surface area contributed by atoms with Gasteiger partial charge in [0, 0.05) is 54.8 Å². The molecule has 1 aliphatic rings. The fourth-order valence-corrected chi connectivity index (χ4v) is 6.53. The lowest BCUT2D eigenvalue weighted by atomic mass is 9.96. The van der Waals surface area contributed by atoms with E-state index in [0.29, 0.717) is 53.1 Å². The minimum Gasteiger partial charge on any atom is -0.375 e. The molecule has 208 valence electrons. The fourth-order valence-electron chi connectivity index (χ4n) is 5.47. The van der Waals surface area contributed by atoms with E-state index in [4.69, 9.17) is 22.3 Å². The highest BCUT2D eigenvalue weighted by Crippen LogP contribution is 2.44. The second kappa shape index (κ2) is 10.8. The number of nitrogens with one attached hydrogen (secondary N) is 1. The van der Waals surface area contributed by atoms with Gasteiger partial charge in [-0.15, -0.1) is 0 Å². The van der Waals surface area contributed by atoms with Crippen LogP contribution in [0.2, 0.25) is 5.02 Å². The third-order valence-corrected chi connectivity index (χ3v) is 8.36. The SMILES string of the molecule is CN(C)Cc1cccc(-c2nc3c(F)c(-c4ccc(F)c5sc(N)nc45)c(Cl)cc3c(N3CCNCC3)c2C#N)c1. The number of piperazine rings is 1. The number of hydrogen-bond acceptors (Lipinski definition) is 8. The molecule has 0 aliphatic carbocycles. The van der Waals surface area contributed by atoms with Gasteiger partial charge >= 0.3 is 0 Å². The summed E-state index contributed by atoms with van der Waals surface area (Å²) in [5.74, 6) is -1.16. The molecule has 0 atom stereocenters. The number of benzene rings is 3. The van der Waals surface area contributed by atoms with Gasteiger partial charge in [-0.2, -0.15) is 5.26 Å². The van der Waals surface area contributed by atoms with Crippen molar-refractivity contribution in [3.63, 3.8) is 0 Å². The van der Waals surface area contributed by atoms with E-state index in [-0.39, 0.29) is 31.5 Å². The lowest BCUT2D eigenvalue weighted by Gasteiger charge is -2.32. The highest BCUT2D eigenvalue weighted by Gasteiger charge is 2.27. The molecule has 41 heavy (non-hydrogen) atoms. The predicted octanol–water partition coefficient (Wildman–Crippen LogP) is 6.04. The maximum atomic E-state index is 16.8. The van der Waals surface area contributed by atoms with Gasteiger partial charge in [0.2, 0.25) is 0 Å². The number of fused-ring (bicyclic) bond motifs is 2. The van der Waals surface area contributed by atoms with Crippen molar-refractivity contribution < 1.29 is 8.78 Å². The highest BCUT2D eigenvalue weighted by molar-refractivity contribution is 7.22. The largest absolute Gasteiger partial charge is 0.375 e. The average molecular weight is 590 g/mol. The first-order valence-corrected chi connectivity index (χ1v) is 14.3. The Morgan fingerprint density at radius 1 is 1.12 bits per heavy atom. The Bertz CT molecular complexity index is 1860. The maximum Gasteiger partial charge on any atom is 0.181 e. The Hall–Kier alpha value is -3.88. The number of halogens is 3. The van der Waals surface area contributed by atoms with Gasteiger partial charge in [0.1, 0.15) is 23.0 Å². The summed E-state index contributed by atoms with van der Waals surface area (Å²) in [5.41, 5.74) is 9.69. The summed E-state index contributed by atoms with van der Waals surface area (Å²) in [5, 5.41) is 14.5. The molecule has 3 N–H and O–H groups in total. The molecule has 3 heterocycles.